The molecule has 100 valence electrons. The van der Waals surface area contributed by atoms with Crippen molar-refractivity contribution in [3.63, 3.8) is 0 Å². The third-order valence-electron chi connectivity index (χ3n) is 2.52. The van der Waals surface area contributed by atoms with Crippen molar-refractivity contribution in [2.75, 3.05) is 32.1 Å². The Kier molecular flexibility index (Phi) is 6.39. The number of benzene rings is 1. The monoisotopic (exact) mass is 250 g/mol. The van der Waals surface area contributed by atoms with Crippen molar-refractivity contribution in [3.05, 3.63) is 29.3 Å². The maximum absolute atomic E-state index is 11.7. The normalized spacial score (nSPS) is 10.4. The molecule has 0 fully saturated rings. The van der Waals surface area contributed by atoms with Gasteiger partial charge in [0.25, 0.3) is 0 Å². The largest absolute Gasteiger partial charge is 0.383 e. The predicted octanol–water partition coefficient (Wildman–Crippen LogP) is 1.87. The molecule has 0 bridgehead atoms. The van der Waals surface area contributed by atoms with Crippen LogP contribution in [0.2, 0.25) is 0 Å². The van der Waals surface area contributed by atoms with Crippen LogP contribution in [0.5, 0.6) is 0 Å². The zero-order chi connectivity index (χ0) is 13.4. The fraction of sp³-hybridized carbons (Fsp3) is 0.500. The van der Waals surface area contributed by atoms with E-state index in [1.807, 2.05) is 26.0 Å². The summed E-state index contributed by atoms with van der Waals surface area (Å²) in [6.07, 6.45) is 0.469. The van der Waals surface area contributed by atoms with Crippen LogP contribution in [0.1, 0.15) is 17.5 Å². The Labute approximate surface area is 109 Å². The Bertz CT molecular complexity index is 371. The molecule has 1 rings (SSSR count). The number of carbonyl (C=O) groups is 1. The van der Waals surface area contributed by atoms with Gasteiger partial charge in [-0.25, -0.2) is 0 Å². The molecule has 0 spiro atoms. The molecule has 0 atom stereocenters. The molecule has 0 radical (unpaired) electrons. The van der Waals surface area contributed by atoms with E-state index in [1.54, 1.807) is 7.11 Å². The first-order valence-electron chi connectivity index (χ1n) is 6.19. The standard InChI is InChI=1S/C14H22N2O2/c1-11-8-12(2)10-13(9-11)16-14(17)4-5-15-6-7-18-3/h8-10,15H,4-7H2,1-3H3,(H,16,17). The lowest BCUT2D eigenvalue weighted by atomic mass is 10.1. The SMILES string of the molecule is COCCNCCC(=O)Nc1cc(C)cc(C)c1. The summed E-state index contributed by atoms with van der Waals surface area (Å²) in [4.78, 5) is 11.7. The van der Waals surface area contributed by atoms with E-state index < -0.39 is 0 Å². The molecule has 0 heterocycles. The van der Waals surface area contributed by atoms with E-state index >= 15 is 0 Å². The molecule has 0 aliphatic heterocycles. The lowest BCUT2D eigenvalue weighted by Gasteiger charge is -2.08. The van der Waals surface area contributed by atoms with Gasteiger partial charge in [-0.3, -0.25) is 4.79 Å². The highest BCUT2D eigenvalue weighted by Crippen LogP contribution is 2.13. The summed E-state index contributed by atoms with van der Waals surface area (Å²) in [6.45, 7) is 6.15. The molecule has 0 aromatic heterocycles. The van der Waals surface area contributed by atoms with E-state index in [9.17, 15) is 4.79 Å². The lowest BCUT2D eigenvalue weighted by molar-refractivity contribution is -0.116. The fourth-order valence-corrected chi connectivity index (χ4v) is 1.77. The first-order chi connectivity index (χ1) is 8.61. The van der Waals surface area contributed by atoms with Crippen molar-refractivity contribution in [2.24, 2.45) is 0 Å². The summed E-state index contributed by atoms with van der Waals surface area (Å²) in [5.74, 6) is 0.0323. The zero-order valence-electron chi connectivity index (χ0n) is 11.4. The van der Waals surface area contributed by atoms with Crippen molar-refractivity contribution in [3.8, 4) is 0 Å². The van der Waals surface area contributed by atoms with Gasteiger partial charge in [0.05, 0.1) is 6.61 Å². The first-order valence-corrected chi connectivity index (χ1v) is 6.19. The van der Waals surface area contributed by atoms with E-state index in [0.717, 1.165) is 23.4 Å². The van der Waals surface area contributed by atoms with Gasteiger partial charge in [-0.2, -0.15) is 0 Å². The van der Waals surface area contributed by atoms with Crippen LogP contribution in [0.25, 0.3) is 0 Å². The number of aryl methyl sites for hydroxylation is 2. The van der Waals surface area contributed by atoms with Crippen LogP contribution in [0.3, 0.4) is 0 Å². The number of methoxy groups -OCH3 is 1. The van der Waals surface area contributed by atoms with Gasteiger partial charge in [0, 0.05) is 32.3 Å². The molecule has 4 heteroatoms. The summed E-state index contributed by atoms with van der Waals surface area (Å²) in [5.41, 5.74) is 3.18. The number of hydrogen-bond acceptors (Lipinski definition) is 3. The Morgan fingerprint density at radius 1 is 1.17 bits per heavy atom. The maximum Gasteiger partial charge on any atom is 0.225 e. The smallest absolute Gasteiger partial charge is 0.225 e. The van der Waals surface area contributed by atoms with Crippen LogP contribution in [-0.2, 0) is 9.53 Å². The number of anilines is 1. The molecule has 4 nitrogen and oxygen atoms in total. The zero-order valence-corrected chi connectivity index (χ0v) is 11.4. The molecule has 0 aliphatic carbocycles. The van der Waals surface area contributed by atoms with E-state index in [4.69, 9.17) is 4.74 Å². The Morgan fingerprint density at radius 3 is 2.44 bits per heavy atom. The van der Waals surface area contributed by atoms with Gasteiger partial charge in [-0.15, -0.1) is 0 Å². The number of nitrogens with one attached hydrogen (secondary N) is 2. The van der Waals surface area contributed by atoms with Crippen LogP contribution < -0.4 is 10.6 Å². The number of ether oxygens (including phenoxy) is 1. The van der Waals surface area contributed by atoms with Crippen molar-refractivity contribution in [1.82, 2.24) is 5.32 Å². The third kappa shape index (κ3) is 5.80. The van der Waals surface area contributed by atoms with Crippen molar-refractivity contribution in [2.45, 2.75) is 20.3 Å². The van der Waals surface area contributed by atoms with Gasteiger partial charge in [0.15, 0.2) is 0 Å². The van der Waals surface area contributed by atoms with Crippen molar-refractivity contribution >= 4 is 11.6 Å². The molecular formula is C14H22N2O2. The van der Waals surface area contributed by atoms with Crippen LogP contribution in [-0.4, -0.2) is 32.7 Å². The van der Waals surface area contributed by atoms with Gasteiger partial charge in [0.2, 0.25) is 5.91 Å². The van der Waals surface area contributed by atoms with Gasteiger partial charge < -0.3 is 15.4 Å². The van der Waals surface area contributed by atoms with Gasteiger partial charge in [-0.1, -0.05) is 6.07 Å². The summed E-state index contributed by atoms with van der Waals surface area (Å²) in [5, 5.41) is 6.04. The molecule has 0 unspecified atom stereocenters. The Morgan fingerprint density at radius 2 is 1.83 bits per heavy atom. The van der Waals surface area contributed by atoms with Crippen LogP contribution >= 0.6 is 0 Å². The second-order valence-electron chi connectivity index (χ2n) is 4.42. The van der Waals surface area contributed by atoms with Crippen molar-refractivity contribution in [1.29, 1.82) is 0 Å². The van der Waals surface area contributed by atoms with Crippen LogP contribution in [0.4, 0.5) is 5.69 Å². The highest BCUT2D eigenvalue weighted by molar-refractivity contribution is 5.91. The van der Waals surface area contributed by atoms with Crippen molar-refractivity contribution < 1.29 is 9.53 Å². The molecule has 2 N–H and O–H groups in total. The molecule has 0 saturated carbocycles. The third-order valence-corrected chi connectivity index (χ3v) is 2.52. The van der Waals surface area contributed by atoms with Gasteiger partial charge in [-0.05, 0) is 37.1 Å². The Balaban J connectivity index is 2.31. The molecule has 0 saturated heterocycles. The second kappa shape index (κ2) is 7.84. The molecule has 18 heavy (non-hydrogen) atoms. The van der Waals surface area contributed by atoms with E-state index in [1.165, 1.54) is 0 Å². The van der Waals surface area contributed by atoms with E-state index in [2.05, 4.69) is 16.7 Å². The van der Waals surface area contributed by atoms with Gasteiger partial charge in [0.1, 0.15) is 0 Å². The molecule has 1 aromatic carbocycles. The molecule has 0 aliphatic rings. The first kappa shape index (κ1) is 14.7. The quantitative estimate of drug-likeness (QED) is 0.726. The van der Waals surface area contributed by atoms with Crippen LogP contribution in [0, 0.1) is 13.8 Å². The molecular weight excluding hydrogens is 228 g/mol. The van der Waals surface area contributed by atoms with Crippen LogP contribution in [0.15, 0.2) is 18.2 Å². The molecule has 1 aromatic rings. The summed E-state index contributed by atoms with van der Waals surface area (Å²) < 4.78 is 4.91. The second-order valence-corrected chi connectivity index (χ2v) is 4.42. The molecule has 1 amide bonds. The fourth-order valence-electron chi connectivity index (χ4n) is 1.77. The summed E-state index contributed by atoms with van der Waals surface area (Å²) in [7, 11) is 1.66. The number of hydrogen-bond donors (Lipinski definition) is 2. The highest BCUT2D eigenvalue weighted by Gasteiger charge is 2.02. The summed E-state index contributed by atoms with van der Waals surface area (Å²) in [6, 6.07) is 6.04. The lowest BCUT2D eigenvalue weighted by Crippen LogP contribution is -2.24. The minimum atomic E-state index is 0.0323. The van der Waals surface area contributed by atoms with Gasteiger partial charge >= 0.3 is 0 Å². The predicted molar refractivity (Wildman–Crippen MR) is 73.9 cm³/mol. The highest BCUT2D eigenvalue weighted by atomic mass is 16.5. The van der Waals surface area contributed by atoms with E-state index in [0.29, 0.717) is 19.6 Å². The average molecular weight is 250 g/mol. The average Bonchev–Trinajstić information content (AvgIpc) is 2.27. The minimum absolute atomic E-state index is 0.0323. The minimum Gasteiger partial charge on any atom is -0.383 e. The number of amides is 1. The van der Waals surface area contributed by atoms with E-state index in [-0.39, 0.29) is 5.91 Å². The Hall–Kier alpha value is -1.39. The number of carbonyl (C=O) groups excluding carboxylic acids is 1. The summed E-state index contributed by atoms with van der Waals surface area (Å²) >= 11 is 0. The number of rotatable bonds is 7. The maximum atomic E-state index is 11.7. The topological polar surface area (TPSA) is 50.4 Å².